The summed E-state index contributed by atoms with van der Waals surface area (Å²) in [5, 5.41) is 10.3. The second kappa shape index (κ2) is 7.09. The molecule has 1 atom stereocenters. The van der Waals surface area contributed by atoms with Crippen molar-refractivity contribution in [1.82, 2.24) is 0 Å². The van der Waals surface area contributed by atoms with Crippen molar-refractivity contribution in [1.29, 1.82) is 0 Å². The van der Waals surface area contributed by atoms with Crippen LogP contribution in [0.1, 0.15) is 18.6 Å². The van der Waals surface area contributed by atoms with Gasteiger partial charge in [0.2, 0.25) is 0 Å². The van der Waals surface area contributed by atoms with E-state index in [4.69, 9.17) is 4.74 Å². The predicted molar refractivity (Wildman–Crippen MR) is 82.2 cm³/mol. The van der Waals surface area contributed by atoms with Gasteiger partial charge in [0.15, 0.2) is 0 Å². The monoisotopic (exact) mass is 289 g/mol. The van der Waals surface area contributed by atoms with E-state index in [-0.39, 0.29) is 5.82 Å². The molecule has 0 radical (unpaired) electrons. The first-order valence-electron chi connectivity index (χ1n) is 6.97. The normalized spacial score (nSPS) is 12.0. The Kier molecular flexibility index (Phi) is 5.17. The van der Waals surface area contributed by atoms with Gasteiger partial charge in [-0.25, -0.2) is 4.39 Å². The van der Waals surface area contributed by atoms with Crippen LogP contribution in [0.4, 0.5) is 10.1 Å². The van der Waals surface area contributed by atoms with E-state index in [1.165, 1.54) is 6.07 Å². The number of aliphatic hydroxyl groups excluding tert-OH is 1. The number of benzene rings is 2. The first kappa shape index (κ1) is 15.3. The molecular weight excluding hydrogens is 269 g/mol. The molecule has 112 valence electrons. The number of likely N-dealkylation sites (N-methyl/N-ethyl adjacent to an activating group) is 1. The minimum absolute atomic E-state index is 0.277. The molecule has 1 N–H and O–H groups in total. The molecular formula is C17H20FNO2. The van der Waals surface area contributed by atoms with Crippen molar-refractivity contribution in [2.24, 2.45) is 0 Å². The Morgan fingerprint density at radius 1 is 1.14 bits per heavy atom. The Morgan fingerprint density at radius 2 is 1.81 bits per heavy atom. The summed E-state index contributed by atoms with van der Waals surface area (Å²) >= 11 is 0. The van der Waals surface area contributed by atoms with Gasteiger partial charge in [-0.15, -0.1) is 0 Å². The number of hydrogen-bond acceptors (Lipinski definition) is 3. The largest absolute Gasteiger partial charge is 0.497 e. The first-order chi connectivity index (χ1) is 10.2. The molecule has 0 amide bonds. The number of rotatable bonds is 6. The average Bonchev–Trinajstić information content (AvgIpc) is 2.53. The van der Waals surface area contributed by atoms with Crippen molar-refractivity contribution in [2.45, 2.75) is 13.0 Å². The first-order valence-corrected chi connectivity index (χ1v) is 6.97. The van der Waals surface area contributed by atoms with E-state index in [9.17, 15) is 9.50 Å². The number of hydrogen-bond donors (Lipinski definition) is 1. The van der Waals surface area contributed by atoms with Crippen LogP contribution in [0.25, 0.3) is 0 Å². The van der Waals surface area contributed by atoms with Gasteiger partial charge in [0.25, 0.3) is 0 Å². The Hall–Kier alpha value is -2.07. The van der Waals surface area contributed by atoms with E-state index in [0.29, 0.717) is 18.8 Å². The Morgan fingerprint density at radius 3 is 2.38 bits per heavy atom. The van der Waals surface area contributed by atoms with E-state index in [0.717, 1.165) is 11.3 Å². The zero-order valence-corrected chi connectivity index (χ0v) is 12.3. The Bertz CT molecular complexity index is 571. The molecule has 2 rings (SSSR count). The van der Waals surface area contributed by atoms with Gasteiger partial charge in [-0.1, -0.05) is 24.3 Å². The van der Waals surface area contributed by atoms with Crippen molar-refractivity contribution < 1.29 is 14.2 Å². The Balaban J connectivity index is 2.12. The van der Waals surface area contributed by atoms with E-state index in [1.54, 1.807) is 37.4 Å². The number of halogens is 1. The summed E-state index contributed by atoms with van der Waals surface area (Å²) in [6.45, 7) is 2.89. The van der Waals surface area contributed by atoms with Crippen molar-refractivity contribution in [3.8, 4) is 5.75 Å². The van der Waals surface area contributed by atoms with Gasteiger partial charge >= 0.3 is 0 Å². The number of nitrogens with zero attached hydrogens (tertiary/aromatic N) is 1. The predicted octanol–water partition coefficient (Wildman–Crippen LogP) is 3.39. The lowest BCUT2D eigenvalue weighted by Crippen LogP contribution is -2.29. The van der Waals surface area contributed by atoms with Crippen LogP contribution in [0.2, 0.25) is 0 Å². The van der Waals surface area contributed by atoms with Crippen molar-refractivity contribution >= 4 is 5.69 Å². The molecule has 0 bridgehead atoms. The van der Waals surface area contributed by atoms with Crippen LogP contribution < -0.4 is 9.64 Å². The minimum atomic E-state index is -0.685. The van der Waals surface area contributed by atoms with Gasteiger partial charge in [-0.05, 0) is 36.8 Å². The summed E-state index contributed by atoms with van der Waals surface area (Å²) in [6.07, 6.45) is -0.685. The maximum atomic E-state index is 13.8. The third-order valence-electron chi connectivity index (χ3n) is 3.47. The van der Waals surface area contributed by atoms with Gasteiger partial charge in [-0.2, -0.15) is 0 Å². The number of ether oxygens (including phenoxy) is 1. The quantitative estimate of drug-likeness (QED) is 0.884. The Labute approximate surface area is 124 Å². The molecule has 0 aliphatic carbocycles. The highest BCUT2D eigenvalue weighted by atomic mass is 19.1. The van der Waals surface area contributed by atoms with Gasteiger partial charge in [-0.3, -0.25) is 0 Å². The smallest absolute Gasteiger partial charge is 0.146 e. The fourth-order valence-electron chi connectivity index (χ4n) is 2.25. The fraction of sp³-hybridized carbons (Fsp3) is 0.294. The van der Waals surface area contributed by atoms with Crippen LogP contribution in [0, 0.1) is 5.82 Å². The second-order valence-electron chi connectivity index (χ2n) is 4.78. The summed E-state index contributed by atoms with van der Waals surface area (Å²) in [5.74, 6) is 0.466. The zero-order valence-electron chi connectivity index (χ0n) is 12.3. The molecule has 0 heterocycles. The van der Waals surface area contributed by atoms with Crippen LogP contribution in [-0.2, 0) is 0 Å². The molecule has 21 heavy (non-hydrogen) atoms. The van der Waals surface area contributed by atoms with Crippen LogP contribution >= 0.6 is 0 Å². The summed E-state index contributed by atoms with van der Waals surface area (Å²) in [6, 6.07) is 13.8. The van der Waals surface area contributed by atoms with Gasteiger partial charge < -0.3 is 14.7 Å². The molecule has 0 spiro atoms. The van der Waals surface area contributed by atoms with Crippen molar-refractivity contribution in [2.75, 3.05) is 25.1 Å². The second-order valence-corrected chi connectivity index (χ2v) is 4.78. The van der Waals surface area contributed by atoms with Crippen LogP contribution in [0.5, 0.6) is 5.75 Å². The molecule has 2 aromatic rings. The SMILES string of the molecule is CCN(CC(O)c1ccc(OC)cc1)c1ccccc1F. The molecule has 3 nitrogen and oxygen atoms in total. The molecule has 0 saturated heterocycles. The highest BCUT2D eigenvalue weighted by Gasteiger charge is 2.15. The lowest BCUT2D eigenvalue weighted by atomic mass is 10.1. The van der Waals surface area contributed by atoms with Gasteiger partial charge in [0.1, 0.15) is 11.6 Å². The molecule has 1 unspecified atom stereocenters. The minimum Gasteiger partial charge on any atom is -0.497 e. The van der Waals surface area contributed by atoms with Crippen molar-refractivity contribution in [3.63, 3.8) is 0 Å². The molecule has 0 aliphatic heterocycles. The summed E-state index contributed by atoms with van der Waals surface area (Å²) in [7, 11) is 1.60. The fourth-order valence-corrected chi connectivity index (χ4v) is 2.25. The summed E-state index contributed by atoms with van der Waals surface area (Å²) < 4.78 is 18.9. The lowest BCUT2D eigenvalue weighted by Gasteiger charge is -2.26. The third-order valence-corrected chi connectivity index (χ3v) is 3.47. The van der Waals surface area contributed by atoms with Gasteiger partial charge in [0.05, 0.1) is 18.9 Å². The molecule has 0 saturated carbocycles. The maximum Gasteiger partial charge on any atom is 0.146 e. The third kappa shape index (κ3) is 3.73. The number of aliphatic hydroxyl groups is 1. The highest BCUT2D eigenvalue weighted by molar-refractivity contribution is 5.48. The van der Waals surface area contributed by atoms with Crippen molar-refractivity contribution in [3.05, 3.63) is 59.9 Å². The summed E-state index contributed by atoms with van der Waals surface area (Å²) in [4.78, 5) is 1.82. The van der Waals surface area contributed by atoms with E-state index in [2.05, 4.69) is 0 Å². The lowest BCUT2D eigenvalue weighted by molar-refractivity contribution is 0.183. The van der Waals surface area contributed by atoms with Crippen LogP contribution in [0.15, 0.2) is 48.5 Å². The molecule has 4 heteroatoms. The molecule has 0 aromatic heterocycles. The molecule has 0 fully saturated rings. The standard InChI is InChI=1S/C17H20FNO2/c1-3-19(16-7-5-4-6-15(16)18)12-17(20)13-8-10-14(21-2)11-9-13/h4-11,17,20H,3,12H2,1-2H3. The van der Waals surface area contributed by atoms with Gasteiger partial charge in [0, 0.05) is 13.1 Å². The highest BCUT2D eigenvalue weighted by Crippen LogP contribution is 2.23. The number of methoxy groups -OCH3 is 1. The van der Waals surface area contributed by atoms with Crippen LogP contribution in [0.3, 0.4) is 0 Å². The number of anilines is 1. The van der Waals surface area contributed by atoms with E-state index < -0.39 is 6.10 Å². The topological polar surface area (TPSA) is 32.7 Å². The van der Waals surface area contributed by atoms with Crippen LogP contribution in [-0.4, -0.2) is 25.3 Å². The maximum absolute atomic E-state index is 13.8. The zero-order chi connectivity index (χ0) is 15.2. The summed E-state index contributed by atoms with van der Waals surface area (Å²) in [5.41, 5.74) is 1.29. The average molecular weight is 289 g/mol. The number of para-hydroxylation sites is 1. The molecule has 2 aromatic carbocycles. The van der Waals surface area contributed by atoms with E-state index >= 15 is 0 Å². The van der Waals surface area contributed by atoms with E-state index in [1.807, 2.05) is 24.0 Å². The molecule has 0 aliphatic rings.